The average Bonchev–Trinajstić information content (AvgIpc) is 0.764. The van der Waals surface area contributed by atoms with E-state index in [0.717, 1.165) is 0 Å². The molecule has 148 heavy (non-hydrogen) atoms. The van der Waals surface area contributed by atoms with Crippen LogP contribution in [-0.2, 0) is 133 Å². The Morgan fingerprint density at radius 3 is 0.358 bits per heavy atom. The molecule has 45 aliphatic rings. The van der Waals surface area contributed by atoms with E-state index in [0.29, 0.717) is 77.0 Å². The van der Waals surface area contributed by atoms with Gasteiger partial charge >= 0.3 is 0 Å². The molecule has 45 aliphatic heterocycles. The van der Waals surface area contributed by atoms with Crippen LogP contribution in [0.4, 0.5) is 0 Å². The van der Waals surface area contributed by atoms with Crippen molar-refractivity contribution in [3.8, 4) is 0 Å². The third kappa shape index (κ3) is 26.6. The summed E-state index contributed by atoms with van der Waals surface area (Å²) in [7, 11) is 0. The fourth-order valence-corrected chi connectivity index (χ4v) is 20.8. The number of hydrogen-bond donors (Lipinski definition) is 32. The first-order valence-electron chi connectivity index (χ1n) is 50.2. The maximum Gasteiger partial charge on any atom is 0.187 e. The van der Waals surface area contributed by atoms with E-state index in [2.05, 4.69) is 0 Å². The van der Waals surface area contributed by atoms with Crippen LogP contribution in [0.15, 0.2) is 0 Å². The van der Waals surface area contributed by atoms with E-state index in [1.54, 1.807) is 0 Å². The van der Waals surface area contributed by atoms with Gasteiger partial charge in [0.25, 0.3) is 0 Å². The molecule has 45 rings (SSSR count). The van der Waals surface area contributed by atoms with Gasteiger partial charge in [-0.1, -0.05) is 51.4 Å². The molecule has 60 unspecified atom stereocenters. The zero-order valence-electron chi connectivity index (χ0n) is 80.2. The van der Waals surface area contributed by atoms with E-state index in [-0.39, 0.29) is 26.4 Å². The molecule has 32 N–H and O–H groups in total. The van der Waals surface area contributed by atoms with E-state index < -0.39 is 448 Å². The molecule has 0 radical (unpaired) electrons. The van der Waals surface area contributed by atoms with Crippen molar-refractivity contribution in [2.75, 3.05) is 106 Å². The molecule has 0 aromatic heterocycles. The Kier molecular flexibility index (Phi) is 44.1. The van der Waals surface area contributed by atoms with Gasteiger partial charge in [-0.3, -0.25) is 0 Å². The Labute approximate surface area is 844 Å². The van der Waals surface area contributed by atoms with Gasteiger partial charge in [0, 0.05) is 26.4 Å². The Bertz CT molecular complexity index is 3580. The van der Waals surface area contributed by atoms with Crippen LogP contribution in [0.3, 0.4) is 0 Å². The van der Waals surface area contributed by atoms with Gasteiger partial charge in [0.15, 0.2) is 75.5 Å². The second-order valence-electron chi connectivity index (χ2n) is 39.5. The molecule has 860 valence electrons. The minimum Gasteiger partial charge on any atom is -0.394 e. The standard InChI is InChI=1S/C88H148O60/c89-17-29-65-43(99)55(111)79(127-29)141-69-33(21-93)131-83(59(115)47(69)103)145-73-37-25-121-13-9-5-1-3-7-11-15-123-27-39-75-49(105)61(117)85(133-39)143-71-35(23-95)129-81(57(113)45(71)101)139-67-31(19-91)125-77(53(109)41(67)97)138-66-30(18-90)128-80(56(112)44(66)100)142-70-34(22-94)132-84(60(116)48(70)104)146-74-38(136-88(147-75)64(120)52(74)108)26-122-14-10-6-2-4-8-12-16-124-28-40-76(148-87(135-37)63(119)51(73)107)50(106)62(118)86(134-40)144-72-36(24-96)130-82(58(114)46(72)102)140-68-32(20-92)126-78(137-65)54(110)42(68)98/h29-120H,1-28H2. The largest absolute Gasteiger partial charge is 0.394 e. The van der Waals surface area contributed by atoms with Crippen LogP contribution in [0.5, 0.6) is 0 Å². The van der Waals surface area contributed by atoms with Crippen molar-refractivity contribution in [1.29, 1.82) is 0 Å². The van der Waals surface area contributed by atoms with E-state index in [4.69, 9.17) is 133 Å². The first kappa shape index (κ1) is 120. The number of rotatable bonds is 8. The molecule has 0 aliphatic carbocycles. The van der Waals surface area contributed by atoms with Crippen LogP contribution < -0.4 is 0 Å². The van der Waals surface area contributed by atoms with Gasteiger partial charge in [0.2, 0.25) is 0 Å². The molecule has 28 bridgehead atoms. The molecule has 45 fully saturated rings. The van der Waals surface area contributed by atoms with Crippen LogP contribution in [0.1, 0.15) is 77.0 Å². The van der Waals surface area contributed by atoms with Crippen molar-refractivity contribution in [3.05, 3.63) is 0 Å². The summed E-state index contributed by atoms with van der Waals surface area (Å²) in [5, 5.41) is 371. The lowest BCUT2D eigenvalue weighted by Crippen LogP contribution is -2.69. The summed E-state index contributed by atoms with van der Waals surface area (Å²) < 4.78 is 169. The van der Waals surface area contributed by atoms with Crippen molar-refractivity contribution in [3.63, 3.8) is 0 Å². The van der Waals surface area contributed by atoms with Crippen molar-refractivity contribution in [1.82, 2.24) is 0 Å². The van der Waals surface area contributed by atoms with Crippen LogP contribution in [-0.4, -0.2) is 638 Å². The van der Waals surface area contributed by atoms with Gasteiger partial charge in [-0.15, -0.1) is 0 Å². The van der Waals surface area contributed by atoms with E-state index in [9.17, 15) is 163 Å². The molecule has 60 heteroatoms. The quantitative estimate of drug-likeness (QED) is 0.107. The molecule has 0 aromatic carbocycles. The number of aliphatic hydroxyl groups is 32. The molecule has 0 amide bonds. The second-order valence-corrected chi connectivity index (χ2v) is 39.5. The molecular formula is C88H148O60. The van der Waals surface area contributed by atoms with Crippen molar-refractivity contribution in [2.24, 2.45) is 0 Å². The Hall–Kier alpha value is -2.40. The van der Waals surface area contributed by atoms with Gasteiger partial charge in [-0.25, -0.2) is 0 Å². The molecule has 0 saturated carbocycles. The van der Waals surface area contributed by atoms with E-state index >= 15 is 0 Å². The van der Waals surface area contributed by atoms with Gasteiger partial charge in [-0.05, 0) is 25.7 Å². The van der Waals surface area contributed by atoms with Gasteiger partial charge in [0.05, 0.1) is 79.3 Å². The van der Waals surface area contributed by atoms with Gasteiger partial charge in [-0.2, -0.15) is 0 Å². The topological polar surface area (TPSA) is 906 Å². The molecule has 0 spiro atoms. The van der Waals surface area contributed by atoms with E-state index in [1.165, 1.54) is 0 Å². The second kappa shape index (κ2) is 54.6. The predicted molar refractivity (Wildman–Crippen MR) is 462 cm³/mol. The van der Waals surface area contributed by atoms with Crippen molar-refractivity contribution >= 4 is 0 Å². The SMILES string of the molecule is OCC1OC2OC3C(CO)OC(OC4C5COCCCCCCCCOCC6OC7OC8C(CO)OC(OC9C(CO)OC(OC%10C(CO)OC(OC%11C(CO)OC(OC%12C(COCCCCCCCCOCC%13OC(OC%14C(CO)OC(OC%15C(CO)OC(OC1C(O)C2O)C(O)C%15O)C(O)C%14O)C(O)C(O)C%13OC(O5)C(O)C4O)OC(OC6C(O)C7O)C(O)C%12O)C(O)C%11O)C(O)C%10O)C(O)C9O)C(O)C8O)C(O)C3O. The van der Waals surface area contributed by atoms with Crippen LogP contribution in [0.2, 0.25) is 0 Å². The lowest BCUT2D eigenvalue weighted by atomic mass is 9.94. The average molecular weight is 2170 g/mol. The summed E-state index contributed by atoms with van der Waals surface area (Å²) in [6, 6.07) is 0. The van der Waals surface area contributed by atoms with Crippen LogP contribution in [0.25, 0.3) is 0 Å². The zero-order chi connectivity index (χ0) is 106. The Morgan fingerprint density at radius 2 is 0.230 bits per heavy atom. The van der Waals surface area contributed by atoms with Crippen molar-refractivity contribution < 1.29 is 296 Å². The van der Waals surface area contributed by atoms with Gasteiger partial charge < -0.3 is 296 Å². The highest BCUT2D eigenvalue weighted by Gasteiger charge is 2.64. The predicted octanol–water partition coefficient (Wildman–Crippen LogP) is -19.3. The lowest BCUT2D eigenvalue weighted by Gasteiger charge is -2.50. The van der Waals surface area contributed by atoms with Crippen molar-refractivity contribution in [2.45, 2.75) is 446 Å². The maximum absolute atomic E-state index is 12.3. The fourth-order valence-electron chi connectivity index (χ4n) is 20.8. The first-order valence-corrected chi connectivity index (χ1v) is 50.2. The summed E-state index contributed by atoms with van der Waals surface area (Å²) in [6.07, 6.45) is -117. The monoisotopic (exact) mass is 2160 g/mol. The molecule has 0 aromatic rings. The summed E-state index contributed by atoms with van der Waals surface area (Å²) in [5.74, 6) is 0. The zero-order valence-corrected chi connectivity index (χ0v) is 80.2. The highest BCUT2D eigenvalue weighted by Crippen LogP contribution is 2.44. The Balaban J connectivity index is 0.680. The first-order chi connectivity index (χ1) is 71.0. The highest BCUT2D eigenvalue weighted by atomic mass is 16.8. The number of hydrogen-bond acceptors (Lipinski definition) is 60. The minimum absolute atomic E-state index is 0.0746. The molecular weight excluding hydrogens is 2020 g/mol. The Morgan fingerprint density at radius 1 is 0.122 bits per heavy atom. The summed E-state index contributed by atoms with van der Waals surface area (Å²) in [4.78, 5) is 0. The van der Waals surface area contributed by atoms with Crippen LogP contribution in [0, 0.1) is 0 Å². The summed E-state index contributed by atoms with van der Waals surface area (Å²) in [5.41, 5.74) is 0. The smallest absolute Gasteiger partial charge is 0.187 e. The maximum atomic E-state index is 12.3. The minimum atomic E-state index is -2.26. The fraction of sp³-hybridized carbons (Fsp3) is 1.00. The lowest BCUT2D eigenvalue weighted by molar-refractivity contribution is -0.404. The molecule has 60 atom stereocenters. The third-order valence-corrected chi connectivity index (χ3v) is 29.4. The molecule has 45 saturated heterocycles. The summed E-state index contributed by atoms with van der Waals surface area (Å²) >= 11 is 0. The number of aliphatic hydroxyl groups excluding tert-OH is 32. The highest BCUT2D eigenvalue weighted by molar-refractivity contribution is 5.06. The van der Waals surface area contributed by atoms with Gasteiger partial charge in [0.1, 0.15) is 293 Å². The third-order valence-electron chi connectivity index (χ3n) is 29.4. The van der Waals surface area contributed by atoms with Crippen LogP contribution >= 0.6 is 0 Å². The molecule has 45 heterocycles. The number of ether oxygens (including phenoxy) is 28. The van der Waals surface area contributed by atoms with E-state index in [1.807, 2.05) is 0 Å². The summed E-state index contributed by atoms with van der Waals surface area (Å²) in [6.45, 7) is -11.2. The normalized spacial score (nSPS) is 52.9. The molecule has 60 nitrogen and oxygen atoms in total.